The van der Waals surface area contributed by atoms with Crippen molar-refractivity contribution in [3.63, 3.8) is 0 Å². The number of fused-ring (bicyclic) bond motifs is 1. The van der Waals surface area contributed by atoms with Gasteiger partial charge < -0.3 is 5.32 Å². The first-order chi connectivity index (χ1) is 14.2. The molecule has 0 aliphatic carbocycles. The van der Waals surface area contributed by atoms with Crippen LogP contribution in [-0.4, -0.2) is 52.7 Å². The fraction of sp³-hybridized carbons (Fsp3) is 0.381. The average molecular weight is 430 g/mol. The van der Waals surface area contributed by atoms with E-state index in [2.05, 4.69) is 15.4 Å². The van der Waals surface area contributed by atoms with Gasteiger partial charge in [0, 0.05) is 49.4 Å². The molecule has 3 aromatic rings. The van der Waals surface area contributed by atoms with E-state index < -0.39 is 10.0 Å². The number of benzene rings is 1. The second kappa shape index (κ2) is 8.93. The molecule has 9 heteroatoms. The van der Waals surface area contributed by atoms with Crippen LogP contribution in [0.4, 0.5) is 5.82 Å². The van der Waals surface area contributed by atoms with E-state index in [-0.39, 0.29) is 11.8 Å². The Morgan fingerprint density at radius 1 is 1.20 bits per heavy atom. The molecule has 0 aliphatic rings. The third-order valence-corrected chi connectivity index (χ3v) is 6.47. The molecule has 1 aromatic carbocycles. The van der Waals surface area contributed by atoms with Gasteiger partial charge in [-0.25, -0.2) is 17.7 Å². The molecule has 1 atom stereocenters. The number of carbonyl (C=O) groups is 1. The Labute approximate surface area is 177 Å². The maximum absolute atomic E-state index is 12.6. The van der Waals surface area contributed by atoms with Gasteiger partial charge in [0.2, 0.25) is 15.9 Å². The fourth-order valence-corrected chi connectivity index (χ4v) is 4.14. The Morgan fingerprint density at radius 2 is 1.97 bits per heavy atom. The zero-order chi connectivity index (χ0) is 21.9. The molecule has 3 rings (SSSR count). The standard InChI is InChI=1S/C21H27N5O3S/c1-5-26(30(4,28)29)9-8-15(2)21(27)24-20-11-18-10-16(6-7-17(18)12-22-20)19-13-23-25(3)14-19/h6-7,10-15H,5,8-9H2,1-4H3,(H,22,24,27). The van der Waals surface area contributed by atoms with E-state index in [9.17, 15) is 13.2 Å². The Bertz CT molecular complexity index is 1160. The highest BCUT2D eigenvalue weighted by molar-refractivity contribution is 7.88. The number of amides is 1. The van der Waals surface area contributed by atoms with Crippen LogP contribution in [0.5, 0.6) is 0 Å². The van der Waals surface area contributed by atoms with Crippen molar-refractivity contribution in [1.29, 1.82) is 0 Å². The van der Waals surface area contributed by atoms with E-state index in [4.69, 9.17) is 0 Å². The van der Waals surface area contributed by atoms with Crippen LogP contribution in [0, 0.1) is 5.92 Å². The summed E-state index contributed by atoms with van der Waals surface area (Å²) in [4.78, 5) is 16.9. The Balaban J connectivity index is 1.70. The van der Waals surface area contributed by atoms with Crippen LogP contribution in [0.25, 0.3) is 21.9 Å². The van der Waals surface area contributed by atoms with Gasteiger partial charge in [-0.1, -0.05) is 26.0 Å². The van der Waals surface area contributed by atoms with Crippen LogP contribution in [-0.2, 0) is 21.9 Å². The maximum atomic E-state index is 12.6. The number of aryl methyl sites for hydroxylation is 1. The summed E-state index contributed by atoms with van der Waals surface area (Å²) in [7, 11) is -1.39. The molecule has 0 bridgehead atoms. The molecule has 2 aromatic heterocycles. The first-order valence-corrected chi connectivity index (χ1v) is 11.7. The van der Waals surface area contributed by atoms with Gasteiger partial charge in [0.05, 0.1) is 12.5 Å². The molecule has 8 nitrogen and oxygen atoms in total. The van der Waals surface area contributed by atoms with E-state index in [1.54, 1.807) is 24.7 Å². The molecule has 160 valence electrons. The number of anilines is 1. The van der Waals surface area contributed by atoms with Gasteiger partial charge in [0.15, 0.2) is 0 Å². The van der Waals surface area contributed by atoms with Gasteiger partial charge in [-0.2, -0.15) is 5.10 Å². The first kappa shape index (κ1) is 21.9. The Morgan fingerprint density at radius 3 is 2.60 bits per heavy atom. The summed E-state index contributed by atoms with van der Waals surface area (Å²) in [6.45, 7) is 4.26. The lowest BCUT2D eigenvalue weighted by Gasteiger charge is -2.19. The first-order valence-electron chi connectivity index (χ1n) is 9.82. The zero-order valence-corrected chi connectivity index (χ0v) is 18.5. The number of nitrogens with zero attached hydrogens (tertiary/aromatic N) is 4. The molecule has 2 heterocycles. The maximum Gasteiger partial charge on any atom is 0.228 e. The van der Waals surface area contributed by atoms with E-state index in [0.717, 1.165) is 21.9 Å². The topological polar surface area (TPSA) is 97.2 Å². The minimum Gasteiger partial charge on any atom is -0.310 e. The molecule has 0 spiro atoms. The van der Waals surface area contributed by atoms with Gasteiger partial charge in [0.1, 0.15) is 5.82 Å². The minimum atomic E-state index is -3.26. The summed E-state index contributed by atoms with van der Waals surface area (Å²) in [6.07, 6.45) is 7.10. The predicted molar refractivity (Wildman–Crippen MR) is 118 cm³/mol. The molecular formula is C21H27N5O3S. The largest absolute Gasteiger partial charge is 0.310 e. The third kappa shape index (κ3) is 5.22. The Kier molecular flexibility index (Phi) is 6.52. The smallest absolute Gasteiger partial charge is 0.228 e. The summed E-state index contributed by atoms with van der Waals surface area (Å²) >= 11 is 0. The number of nitrogens with one attached hydrogen (secondary N) is 1. The zero-order valence-electron chi connectivity index (χ0n) is 17.7. The van der Waals surface area contributed by atoms with Crippen LogP contribution in [0.1, 0.15) is 20.3 Å². The lowest BCUT2D eigenvalue weighted by atomic mass is 10.0. The molecule has 1 amide bonds. The van der Waals surface area contributed by atoms with Crippen LogP contribution in [0.2, 0.25) is 0 Å². The molecule has 30 heavy (non-hydrogen) atoms. The molecule has 0 radical (unpaired) electrons. The molecular weight excluding hydrogens is 402 g/mol. The van der Waals surface area contributed by atoms with Crippen LogP contribution >= 0.6 is 0 Å². The number of carbonyl (C=O) groups excluding carboxylic acids is 1. The molecule has 0 fully saturated rings. The lowest BCUT2D eigenvalue weighted by Crippen LogP contribution is -2.33. The van der Waals surface area contributed by atoms with Gasteiger partial charge in [0.25, 0.3) is 0 Å². The third-order valence-electron chi connectivity index (χ3n) is 5.09. The summed E-state index contributed by atoms with van der Waals surface area (Å²) in [5.41, 5.74) is 2.05. The van der Waals surface area contributed by atoms with Gasteiger partial charge in [-0.3, -0.25) is 9.48 Å². The number of aromatic nitrogens is 3. The highest BCUT2D eigenvalue weighted by atomic mass is 32.2. The number of hydrogen-bond acceptors (Lipinski definition) is 5. The average Bonchev–Trinajstić information content (AvgIpc) is 3.13. The van der Waals surface area contributed by atoms with Crippen molar-refractivity contribution in [2.75, 3.05) is 24.7 Å². The second-order valence-electron chi connectivity index (χ2n) is 7.47. The van der Waals surface area contributed by atoms with Gasteiger partial charge >= 0.3 is 0 Å². The van der Waals surface area contributed by atoms with Crippen LogP contribution < -0.4 is 5.32 Å². The highest BCUT2D eigenvalue weighted by Gasteiger charge is 2.19. The number of hydrogen-bond donors (Lipinski definition) is 1. The van der Waals surface area contributed by atoms with Crippen LogP contribution in [0.3, 0.4) is 0 Å². The van der Waals surface area contributed by atoms with Crippen molar-refractivity contribution in [2.24, 2.45) is 13.0 Å². The minimum absolute atomic E-state index is 0.185. The monoisotopic (exact) mass is 429 g/mol. The van der Waals surface area contributed by atoms with Crippen molar-refractivity contribution in [3.05, 3.63) is 42.9 Å². The lowest BCUT2D eigenvalue weighted by molar-refractivity contribution is -0.119. The predicted octanol–water partition coefficient (Wildman–Crippen LogP) is 2.88. The van der Waals surface area contributed by atoms with Crippen molar-refractivity contribution in [1.82, 2.24) is 19.1 Å². The number of rotatable bonds is 8. The van der Waals surface area contributed by atoms with Gasteiger partial charge in [-0.15, -0.1) is 0 Å². The van der Waals surface area contributed by atoms with Crippen molar-refractivity contribution in [2.45, 2.75) is 20.3 Å². The van der Waals surface area contributed by atoms with E-state index in [1.807, 2.05) is 43.7 Å². The van der Waals surface area contributed by atoms with Gasteiger partial charge in [-0.05, 0) is 29.5 Å². The summed E-state index contributed by atoms with van der Waals surface area (Å²) in [6, 6.07) is 7.89. The fourth-order valence-electron chi connectivity index (χ4n) is 3.24. The quantitative estimate of drug-likeness (QED) is 0.594. The van der Waals surface area contributed by atoms with E-state index >= 15 is 0 Å². The molecule has 0 saturated carbocycles. The summed E-state index contributed by atoms with van der Waals surface area (Å²) in [5.74, 6) is -0.0620. The molecule has 1 N–H and O–H groups in total. The SMILES string of the molecule is CCN(CCC(C)C(=O)Nc1cc2cc(-c3cnn(C)c3)ccc2cn1)S(C)(=O)=O. The van der Waals surface area contributed by atoms with Crippen molar-refractivity contribution in [3.8, 4) is 11.1 Å². The second-order valence-corrected chi connectivity index (χ2v) is 9.45. The Hall–Kier alpha value is -2.78. The highest BCUT2D eigenvalue weighted by Crippen LogP contribution is 2.25. The number of sulfonamides is 1. The summed E-state index contributed by atoms with van der Waals surface area (Å²) in [5, 5.41) is 8.98. The van der Waals surface area contributed by atoms with E-state index in [1.165, 1.54) is 10.6 Å². The van der Waals surface area contributed by atoms with Crippen molar-refractivity contribution >= 4 is 32.5 Å². The van der Waals surface area contributed by atoms with Crippen molar-refractivity contribution < 1.29 is 13.2 Å². The van der Waals surface area contributed by atoms with Crippen LogP contribution in [0.15, 0.2) is 42.9 Å². The molecule has 0 saturated heterocycles. The molecule has 0 aliphatic heterocycles. The number of pyridine rings is 1. The molecule has 1 unspecified atom stereocenters. The normalized spacial score (nSPS) is 13.0. The van der Waals surface area contributed by atoms with E-state index in [0.29, 0.717) is 25.3 Å². The summed E-state index contributed by atoms with van der Waals surface area (Å²) < 4.78 is 26.5.